The number of ether oxygens (including phenoxy) is 1. The lowest BCUT2D eigenvalue weighted by Gasteiger charge is -2.38. The van der Waals surface area contributed by atoms with E-state index < -0.39 is 6.04 Å². The van der Waals surface area contributed by atoms with Crippen molar-refractivity contribution in [1.29, 1.82) is 0 Å². The number of aromatic nitrogens is 2. The van der Waals surface area contributed by atoms with E-state index in [1.54, 1.807) is 23.3 Å². The molecule has 204 valence electrons. The van der Waals surface area contributed by atoms with Gasteiger partial charge in [0.25, 0.3) is 0 Å². The number of rotatable bonds is 7. The van der Waals surface area contributed by atoms with Gasteiger partial charge < -0.3 is 24.0 Å². The molecule has 0 bridgehead atoms. The van der Waals surface area contributed by atoms with Crippen molar-refractivity contribution in [2.24, 2.45) is 0 Å². The van der Waals surface area contributed by atoms with Gasteiger partial charge in [0.2, 0.25) is 11.8 Å². The molecule has 0 N–H and O–H groups in total. The van der Waals surface area contributed by atoms with Crippen molar-refractivity contribution in [3.63, 3.8) is 0 Å². The first-order valence-electron chi connectivity index (χ1n) is 13.9. The Bertz CT molecular complexity index is 1270. The average molecular weight is 529 g/mol. The van der Waals surface area contributed by atoms with Gasteiger partial charge >= 0.3 is 0 Å². The highest BCUT2D eigenvalue weighted by molar-refractivity contribution is 5.87. The first-order valence-corrected chi connectivity index (χ1v) is 13.9. The topological polar surface area (TPSA) is 74.2 Å². The lowest BCUT2D eigenvalue weighted by Crippen LogP contribution is -2.52. The molecule has 2 amide bonds. The largest absolute Gasteiger partial charge is 0.493 e. The fraction of sp³-hybridized carbons (Fsp3) is 0.433. The number of hydrogen-bond donors (Lipinski definition) is 0. The molecule has 9 nitrogen and oxygen atoms in total. The van der Waals surface area contributed by atoms with Gasteiger partial charge in [-0.2, -0.15) is 0 Å². The van der Waals surface area contributed by atoms with Crippen LogP contribution in [0.5, 0.6) is 5.75 Å². The average Bonchev–Trinajstić information content (AvgIpc) is 3.69. The molecule has 1 atom stereocenters. The summed E-state index contributed by atoms with van der Waals surface area (Å²) in [6.45, 7) is 7.47. The molecule has 0 aliphatic carbocycles. The zero-order valence-corrected chi connectivity index (χ0v) is 22.3. The molecular formula is C30H36N6O3. The number of nitrogens with zero attached hydrogens (tertiary/aromatic N) is 6. The Morgan fingerprint density at radius 1 is 0.897 bits per heavy atom. The van der Waals surface area contributed by atoms with Gasteiger partial charge in [0, 0.05) is 83.4 Å². The first kappa shape index (κ1) is 25.4. The van der Waals surface area contributed by atoms with Crippen molar-refractivity contribution in [3.8, 4) is 5.75 Å². The van der Waals surface area contributed by atoms with Crippen molar-refractivity contribution in [1.82, 2.24) is 24.3 Å². The summed E-state index contributed by atoms with van der Waals surface area (Å²) in [4.78, 5) is 39.7. The predicted molar refractivity (Wildman–Crippen MR) is 149 cm³/mol. The van der Waals surface area contributed by atoms with Crippen LogP contribution in [-0.2, 0) is 22.6 Å². The monoisotopic (exact) mass is 528 g/mol. The molecule has 1 aromatic heterocycles. The molecular weight excluding hydrogens is 492 g/mol. The summed E-state index contributed by atoms with van der Waals surface area (Å²) >= 11 is 0. The summed E-state index contributed by atoms with van der Waals surface area (Å²) in [6.07, 6.45) is 6.23. The van der Waals surface area contributed by atoms with Crippen LogP contribution < -0.4 is 9.64 Å². The molecule has 3 aliphatic heterocycles. The molecule has 0 radical (unpaired) electrons. The number of imidazole rings is 1. The Labute approximate surface area is 229 Å². The van der Waals surface area contributed by atoms with Crippen LogP contribution in [0, 0.1) is 0 Å². The second kappa shape index (κ2) is 11.5. The highest BCUT2D eigenvalue weighted by Gasteiger charge is 2.32. The Hall–Kier alpha value is -3.85. The van der Waals surface area contributed by atoms with E-state index in [0.29, 0.717) is 26.2 Å². The molecule has 2 aromatic carbocycles. The Kier molecular flexibility index (Phi) is 7.49. The number of para-hydroxylation sites is 1. The number of carbonyl (C=O) groups excluding carboxylic acids is 2. The molecule has 0 saturated carbocycles. The van der Waals surface area contributed by atoms with E-state index in [0.717, 1.165) is 51.5 Å². The van der Waals surface area contributed by atoms with E-state index >= 15 is 0 Å². The van der Waals surface area contributed by atoms with Crippen molar-refractivity contribution >= 4 is 17.5 Å². The smallest absolute Gasteiger partial charge is 0.246 e. The highest BCUT2D eigenvalue weighted by Crippen LogP contribution is 2.27. The minimum atomic E-state index is -0.574. The van der Waals surface area contributed by atoms with E-state index in [2.05, 4.69) is 45.1 Å². The van der Waals surface area contributed by atoms with Gasteiger partial charge in [0.15, 0.2) is 0 Å². The van der Waals surface area contributed by atoms with Crippen LogP contribution in [0.25, 0.3) is 0 Å². The summed E-state index contributed by atoms with van der Waals surface area (Å²) < 4.78 is 7.42. The van der Waals surface area contributed by atoms with Crippen LogP contribution in [0.1, 0.15) is 23.6 Å². The van der Waals surface area contributed by atoms with Crippen LogP contribution in [-0.4, -0.2) is 95.0 Å². The summed E-state index contributed by atoms with van der Waals surface area (Å²) in [5.41, 5.74) is 3.76. The molecule has 4 heterocycles. The van der Waals surface area contributed by atoms with Crippen molar-refractivity contribution in [2.45, 2.75) is 25.4 Å². The van der Waals surface area contributed by atoms with Crippen molar-refractivity contribution in [3.05, 3.63) is 78.4 Å². The van der Waals surface area contributed by atoms with Gasteiger partial charge in [-0.25, -0.2) is 4.98 Å². The van der Waals surface area contributed by atoms with Crippen LogP contribution in [0.3, 0.4) is 0 Å². The van der Waals surface area contributed by atoms with Gasteiger partial charge in [-0.15, -0.1) is 0 Å². The van der Waals surface area contributed by atoms with Gasteiger partial charge in [-0.1, -0.05) is 30.3 Å². The molecule has 9 heteroatoms. The first-order chi connectivity index (χ1) is 19.1. The molecule has 3 aliphatic rings. The minimum absolute atomic E-state index is 0.00622. The van der Waals surface area contributed by atoms with Gasteiger partial charge in [0.05, 0.1) is 19.4 Å². The second-order valence-corrected chi connectivity index (χ2v) is 10.6. The van der Waals surface area contributed by atoms with Crippen LogP contribution in [0.4, 0.5) is 5.69 Å². The van der Waals surface area contributed by atoms with Gasteiger partial charge in [-0.3, -0.25) is 14.5 Å². The van der Waals surface area contributed by atoms with Crippen LogP contribution in [0.2, 0.25) is 0 Å². The predicted octanol–water partition coefficient (Wildman–Crippen LogP) is 2.44. The third kappa shape index (κ3) is 5.78. The van der Waals surface area contributed by atoms with E-state index in [4.69, 9.17) is 4.74 Å². The third-order valence-corrected chi connectivity index (χ3v) is 8.14. The lowest BCUT2D eigenvalue weighted by molar-refractivity contribution is -0.141. The molecule has 2 saturated heterocycles. The highest BCUT2D eigenvalue weighted by atomic mass is 16.5. The van der Waals surface area contributed by atoms with E-state index in [-0.39, 0.29) is 18.2 Å². The SMILES string of the molecule is O=C(C[C@H](C(=O)N1CCN(c2ccccc2)CC1)n1ccnc1)N1CCN(Cc2ccc3c(c2)CCO3)CC1. The van der Waals surface area contributed by atoms with E-state index in [9.17, 15) is 9.59 Å². The Balaban J connectivity index is 1.03. The molecule has 0 unspecified atom stereocenters. The summed E-state index contributed by atoms with van der Waals surface area (Å²) in [6, 6.07) is 16.2. The van der Waals surface area contributed by atoms with Crippen LogP contribution >= 0.6 is 0 Å². The van der Waals surface area contributed by atoms with E-state index in [1.807, 2.05) is 28.0 Å². The third-order valence-electron chi connectivity index (χ3n) is 8.14. The van der Waals surface area contributed by atoms with Crippen molar-refractivity contribution in [2.75, 3.05) is 63.9 Å². The second-order valence-electron chi connectivity index (χ2n) is 10.6. The van der Waals surface area contributed by atoms with Gasteiger partial charge in [-0.05, 0) is 29.3 Å². The molecule has 3 aromatic rings. The quantitative estimate of drug-likeness (QED) is 0.469. The summed E-state index contributed by atoms with van der Waals surface area (Å²) in [5.74, 6) is 1.03. The fourth-order valence-corrected chi connectivity index (χ4v) is 5.85. The zero-order chi connectivity index (χ0) is 26.6. The maximum atomic E-state index is 13.7. The normalized spacial score (nSPS) is 18.5. The maximum Gasteiger partial charge on any atom is 0.246 e. The Morgan fingerprint density at radius 3 is 2.41 bits per heavy atom. The van der Waals surface area contributed by atoms with Crippen molar-refractivity contribution < 1.29 is 14.3 Å². The number of hydrogen-bond acceptors (Lipinski definition) is 6. The molecule has 0 spiro atoms. The number of piperazine rings is 2. The lowest BCUT2D eigenvalue weighted by atomic mass is 10.1. The van der Waals surface area contributed by atoms with Crippen LogP contribution in [0.15, 0.2) is 67.3 Å². The minimum Gasteiger partial charge on any atom is -0.493 e. The standard InChI is InChI=1S/C30H36N6O3/c37-29(34-13-11-32(12-14-34)22-24-6-7-28-25(20-24)8-19-39-28)21-27(36-10-9-31-23-36)30(38)35-17-15-33(16-18-35)26-4-2-1-3-5-26/h1-7,9-10,20,23,27H,8,11-19,21-22H2/t27-/m1/s1. The Morgan fingerprint density at radius 2 is 1.67 bits per heavy atom. The number of benzene rings is 2. The van der Waals surface area contributed by atoms with E-state index in [1.165, 1.54) is 16.8 Å². The fourth-order valence-electron chi connectivity index (χ4n) is 5.85. The molecule has 2 fully saturated rings. The number of amides is 2. The maximum absolute atomic E-state index is 13.7. The van der Waals surface area contributed by atoms with Gasteiger partial charge in [0.1, 0.15) is 11.8 Å². The zero-order valence-electron chi connectivity index (χ0n) is 22.3. The number of carbonyl (C=O) groups is 2. The summed E-state index contributed by atoms with van der Waals surface area (Å²) in [5, 5.41) is 0. The molecule has 6 rings (SSSR count). The summed E-state index contributed by atoms with van der Waals surface area (Å²) in [7, 11) is 0. The number of anilines is 1. The molecule has 39 heavy (non-hydrogen) atoms. The number of fused-ring (bicyclic) bond motifs is 1.